The second-order valence-corrected chi connectivity index (χ2v) is 7.78. The summed E-state index contributed by atoms with van der Waals surface area (Å²) in [6, 6.07) is 18.1. The quantitative estimate of drug-likeness (QED) is 0.223. The van der Waals surface area contributed by atoms with Crippen LogP contribution < -0.4 is 10.6 Å². The van der Waals surface area contributed by atoms with Crippen molar-refractivity contribution in [3.05, 3.63) is 82.4 Å². The van der Waals surface area contributed by atoms with Gasteiger partial charge in [0.15, 0.2) is 5.96 Å². The molecule has 0 amide bonds. The van der Waals surface area contributed by atoms with Gasteiger partial charge in [0.2, 0.25) is 0 Å². The van der Waals surface area contributed by atoms with Gasteiger partial charge >= 0.3 is 0 Å². The van der Waals surface area contributed by atoms with Crippen LogP contribution >= 0.6 is 35.3 Å². The summed E-state index contributed by atoms with van der Waals surface area (Å²) in [6.07, 6.45) is 3.36. The lowest BCUT2D eigenvalue weighted by molar-refractivity contribution is 0.0711. The monoisotopic (exact) mass is 525 g/mol. The van der Waals surface area contributed by atoms with Crippen molar-refractivity contribution in [2.45, 2.75) is 25.4 Å². The van der Waals surface area contributed by atoms with Crippen LogP contribution in [-0.2, 0) is 18.4 Å². The van der Waals surface area contributed by atoms with Crippen LogP contribution in [0.2, 0.25) is 0 Å². The molecule has 156 valence electrons. The van der Waals surface area contributed by atoms with Crippen molar-refractivity contribution in [3.63, 3.8) is 0 Å². The molecule has 0 saturated carbocycles. The molecule has 5 nitrogen and oxygen atoms in total. The molecule has 0 spiro atoms. The number of rotatable bonds is 9. The predicted octanol–water partition coefficient (Wildman–Crippen LogP) is 4.19. The van der Waals surface area contributed by atoms with E-state index in [9.17, 15) is 5.11 Å². The zero-order valence-corrected chi connectivity index (χ0v) is 19.7. The number of benzene rings is 1. The Bertz CT molecular complexity index is 834. The smallest absolute Gasteiger partial charge is 0.191 e. The van der Waals surface area contributed by atoms with Crippen LogP contribution in [0.5, 0.6) is 0 Å². The molecule has 0 aliphatic carbocycles. The molecular formula is C22H28IN3O2S. The van der Waals surface area contributed by atoms with Gasteiger partial charge in [-0.1, -0.05) is 36.4 Å². The second-order valence-electron chi connectivity index (χ2n) is 6.83. The standard InChI is InChI=1S/C22H27N3O2S.HI/c1-22(26,20-10-6-16-28-20)17-25-21(24-14-12-19-9-5-15-27-19)23-13-11-18-7-3-2-4-8-18;/h2-10,15-16,26H,11-14,17H2,1H3,(H2,23,24,25);1H. The van der Waals surface area contributed by atoms with E-state index in [2.05, 4.69) is 27.8 Å². The minimum Gasteiger partial charge on any atom is -0.469 e. The number of guanidine groups is 1. The van der Waals surface area contributed by atoms with Gasteiger partial charge in [0.05, 0.1) is 12.8 Å². The minimum absolute atomic E-state index is 0. The van der Waals surface area contributed by atoms with Crippen LogP contribution in [-0.4, -0.2) is 30.7 Å². The lowest BCUT2D eigenvalue weighted by Crippen LogP contribution is -2.40. The summed E-state index contributed by atoms with van der Waals surface area (Å²) in [5, 5.41) is 19.4. The van der Waals surface area contributed by atoms with Gasteiger partial charge in [-0.2, -0.15) is 0 Å². The van der Waals surface area contributed by atoms with Crippen molar-refractivity contribution in [3.8, 4) is 0 Å². The fourth-order valence-corrected chi connectivity index (χ4v) is 3.58. The number of halogens is 1. The highest BCUT2D eigenvalue weighted by Gasteiger charge is 2.24. The van der Waals surface area contributed by atoms with Gasteiger partial charge in [-0.3, -0.25) is 0 Å². The molecule has 2 aromatic heterocycles. The van der Waals surface area contributed by atoms with Gasteiger partial charge in [-0.05, 0) is 42.5 Å². The first-order valence-electron chi connectivity index (χ1n) is 9.48. The molecule has 0 bridgehead atoms. The summed E-state index contributed by atoms with van der Waals surface area (Å²) < 4.78 is 5.38. The topological polar surface area (TPSA) is 69.8 Å². The van der Waals surface area contributed by atoms with E-state index < -0.39 is 5.60 Å². The summed E-state index contributed by atoms with van der Waals surface area (Å²) in [5.41, 5.74) is 0.291. The number of hydrogen-bond donors (Lipinski definition) is 3. The molecule has 7 heteroatoms. The molecule has 29 heavy (non-hydrogen) atoms. The molecule has 0 fully saturated rings. The van der Waals surface area contributed by atoms with Crippen molar-refractivity contribution >= 4 is 41.3 Å². The van der Waals surface area contributed by atoms with Gasteiger partial charge in [-0.25, -0.2) is 4.99 Å². The fourth-order valence-electron chi connectivity index (χ4n) is 2.80. The molecule has 2 heterocycles. The summed E-state index contributed by atoms with van der Waals surface area (Å²) in [4.78, 5) is 5.53. The molecule has 3 N–H and O–H groups in total. The molecule has 0 aliphatic heterocycles. The third kappa shape index (κ3) is 7.83. The molecule has 1 atom stereocenters. The third-order valence-corrected chi connectivity index (χ3v) is 5.51. The highest BCUT2D eigenvalue weighted by Crippen LogP contribution is 2.25. The molecule has 1 aromatic carbocycles. The Morgan fingerprint density at radius 1 is 1.03 bits per heavy atom. The second kappa shape index (κ2) is 12.0. The predicted molar refractivity (Wildman–Crippen MR) is 130 cm³/mol. The van der Waals surface area contributed by atoms with E-state index in [1.165, 1.54) is 5.56 Å². The van der Waals surface area contributed by atoms with E-state index in [0.29, 0.717) is 12.5 Å². The van der Waals surface area contributed by atoms with Crippen molar-refractivity contribution in [2.24, 2.45) is 4.99 Å². The maximum atomic E-state index is 10.7. The molecule has 0 radical (unpaired) electrons. The molecule has 1 unspecified atom stereocenters. The minimum atomic E-state index is -0.983. The first kappa shape index (κ1) is 23.4. The van der Waals surface area contributed by atoms with E-state index >= 15 is 0 Å². The van der Waals surface area contributed by atoms with Crippen LogP contribution in [0, 0.1) is 0 Å². The molecule has 0 aliphatic rings. The van der Waals surface area contributed by atoms with E-state index in [1.54, 1.807) is 24.5 Å². The summed E-state index contributed by atoms with van der Waals surface area (Å²) in [5.74, 6) is 1.63. The van der Waals surface area contributed by atoms with E-state index in [4.69, 9.17) is 4.42 Å². The Morgan fingerprint density at radius 2 is 1.79 bits per heavy atom. The first-order chi connectivity index (χ1) is 13.6. The van der Waals surface area contributed by atoms with Gasteiger partial charge in [0.1, 0.15) is 11.4 Å². The van der Waals surface area contributed by atoms with Gasteiger partial charge in [-0.15, -0.1) is 35.3 Å². The summed E-state index contributed by atoms with van der Waals surface area (Å²) >= 11 is 1.54. The third-order valence-electron chi connectivity index (χ3n) is 4.39. The molecule has 0 saturated heterocycles. The average molecular weight is 525 g/mol. The Kier molecular flexibility index (Phi) is 9.69. The maximum absolute atomic E-state index is 10.7. The Balaban J connectivity index is 0.00000300. The number of nitrogens with zero attached hydrogens (tertiary/aromatic N) is 1. The van der Waals surface area contributed by atoms with Gasteiger partial charge < -0.3 is 20.2 Å². The molecular weight excluding hydrogens is 497 g/mol. The number of hydrogen-bond acceptors (Lipinski definition) is 4. The average Bonchev–Trinajstić information content (AvgIpc) is 3.41. The van der Waals surface area contributed by atoms with E-state index in [1.807, 2.05) is 47.8 Å². The summed E-state index contributed by atoms with van der Waals surface area (Å²) in [6.45, 7) is 3.55. The number of thiophene rings is 1. The summed E-state index contributed by atoms with van der Waals surface area (Å²) in [7, 11) is 0. The zero-order chi connectivity index (χ0) is 19.7. The van der Waals surface area contributed by atoms with Crippen LogP contribution in [0.3, 0.4) is 0 Å². The molecule has 3 aromatic rings. The van der Waals surface area contributed by atoms with Crippen LogP contribution in [0.1, 0.15) is 23.1 Å². The largest absolute Gasteiger partial charge is 0.469 e. The fraction of sp³-hybridized carbons (Fsp3) is 0.318. The highest BCUT2D eigenvalue weighted by atomic mass is 127. The van der Waals surface area contributed by atoms with E-state index in [0.717, 1.165) is 30.0 Å². The van der Waals surface area contributed by atoms with Gasteiger partial charge in [0, 0.05) is 24.4 Å². The number of nitrogens with one attached hydrogen (secondary N) is 2. The number of aliphatic hydroxyl groups is 1. The highest BCUT2D eigenvalue weighted by molar-refractivity contribution is 14.0. The Hall–Kier alpha value is -1.84. The van der Waals surface area contributed by atoms with Crippen molar-refractivity contribution < 1.29 is 9.52 Å². The number of aliphatic imine (C=N–C) groups is 1. The zero-order valence-electron chi connectivity index (χ0n) is 16.5. The normalized spacial score (nSPS) is 13.4. The number of furan rings is 1. The Labute approximate surface area is 193 Å². The van der Waals surface area contributed by atoms with Crippen molar-refractivity contribution in [1.29, 1.82) is 0 Å². The lowest BCUT2D eigenvalue weighted by atomic mass is 10.1. The molecule has 3 rings (SSSR count). The van der Waals surface area contributed by atoms with Gasteiger partial charge in [0.25, 0.3) is 0 Å². The maximum Gasteiger partial charge on any atom is 0.191 e. The first-order valence-corrected chi connectivity index (χ1v) is 10.4. The van der Waals surface area contributed by atoms with Crippen molar-refractivity contribution in [1.82, 2.24) is 10.6 Å². The lowest BCUT2D eigenvalue weighted by Gasteiger charge is -2.20. The van der Waals surface area contributed by atoms with Crippen LogP contribution in [0.4, 0.5) is 0 Å². The van der Waals surface area contributed by atoms with Crippen LogP contribution in [0.15, 0.2) is 75.7 Å². The Morgan fingerprint density at radius 3 is 2.45 bits per heavy atom. The SMILES string of the molecule is CC(O)(CN=C(NCCc1ccccc1)NCCc1ccco1)c1cccs1.I. The van der Waals surface area contributed by atoms with Crippen LogP contribution in [0.25, 0.3) is 0 Å². The van der Waals surface area contributed by atoms with Crippen molar-refractivity contribution in [2.75, 3.05) is 19.6 Å². The van der Waals surface area contributed by atoms with E-state index in [-0.39, 0.29) is 30.5 Å².